The van der Waals surface area contributed by atoms with E-state index in [2.05, 4.69) is 5.32 Å². The molecule has 0 aliphatic heterocycles. The van der Waals surface area contributed by atoms with Crippen LogP contribution in [0.15, 0.2) is 0 Å². The highest BCUT2D eigenvalue weighted by Crippen LogP contribution is 2.16. The van der Waals surface area contributed by atoms with E-state index in [9.17, 15) is 4.79 Å². The van der Waals surface area contributed by atoms with E-state index in [0.717, 1.165) is 12.8 Å². The fourth-order valence-electron chi connectivity index (χ4n) is 1.33. The summed E-state index contributed by atoms with van der Waals surface area (Å²) in [5.41, 5.74) is 0. The SMILES string of the molecule is O=[C]NC1CCCCC1. The molecule has 0 spiro atoms. The smallest absolute Gasteiger partial charge is 0.309 e. The predicted molar refractivity (Wildman–Crippen MR) is 35.7 cm³/mol. The lowest BCUT2D eigenvalue weighted by Crippen LogP contribution is -2.29. The number of rotatable bonds is 2. The van der Waals surface area contributed by atoms with Gasteiger partial charge in [-0.15, -0.1) is 0 Å². The number of carbonyl (C=O) groups excluding carboxylic acids is 1. The molecule has 1 rings (SSSR count). The molecule has 2 nitrogen and oxygen atoms in total. The minimum atomic E-state index is 0.427. The molecule has 0 bridgehead atoms. The van der Waals surface area contributed by atoms with E-state index in [0.29, 0.717) is 6.04 Å². The van der Waals surface area contributed by atoms with Crippen molar-refractivity contribution in [1.82, 2.24) is 5.32 Å². The molecule has 1 saturated carbocycles. The Balaban J connectivity index is 2.15. The Kier molecular flexibility index (Phi) is 2.55. The van der Waals surface area contributed by atoms with Gasteiger partial charge in [0.05, 0.1) is 0 Å². The van der Waals surface area contributed by atoms with E-state index in [1.54, 1.807) is 6.41 Å². The van der Waals surface area contributed by atoms with Gasteiger partial charge >= 0.3 is 6.41 Å². The second-order valence-corrected chi connectivity index (χ2v) is 2.58. The molecule has 0 aromatic rings. The molecule has 1 fully saturated rings. The highest BCUT2D eigenvalue weighted by atomic mass is 16.1. The molecule has 9 heavy (non-hydrogen) atoms. The quantitative estimate of drug-likeness (QED) is 0.549. The highest BCUT2D eigenvalue weighted by molar-refractivity contribution is 5.47. The monoisotopic (exact) mass is 126 g/mol. The van der Waals surface area contributed by atoms with Crippen LogP contribution < -0.4 is 5.32 Å². The van der Waals surface area contributed by atoms with Gasteiger partial charge in [0, 0.05) is 6.04 Å². The molecule has 0 saturated heterocycles. The van der Waals surface area contributed by atoms with Gasteiger partial charge in [0.2, 0.25) is 0 Å². The topological polar surface area (TPSA) is 29.1 Å². The Morgan fingerprint density at radius 2 is 1.89 bits per heavy atom. The first kappa shape index (κ1) is 6.59. The zero-order chi connectivity index (χ0) is 6.53. The van der Waals surface area contributed by atoms with E-state index < -0.39 is 0 Å². The van der Waals surface area contributed by atoms with Crippen molar-refractivity contribution in [3.05, 3.63) is 0 Å². The molecule has 0 aromatic heterocycles. The Labute approximate surface area is 55.6 Å². The lowest BCUT2D eigenvalue weighted by Gasteiger charge is -2.19. The van der Waals surface area contributed by atoms with Gasteiger partial charge in [0.15, 0.2) is 0 Å². The number of amides is 1. The van der Waals surface area contributed by atoms with Gasteiger partial charge in [-0.2, -0.15) is 0 Å². The third-order valence-corrected chi connectivity index (χ3v) is 1.87. The van der Waals surface area contributed by atoms with Gasteiger partial charge in [-0.25, -0.2) is 0 Å². The minimum absolute atomic E-state index is 0.427. The van der Waals surface area contributed by atoms with Crippen LogP contribution >= 0.6 is 0 Å². The van der Waals surface area contributed by atoms with E-state index in [1.807, 2.05) is 0 Å². The molecule has 0 heterocycles. The normalized spacial score (nSPS) is 21.3. The molecule has 2 heteroatoms. The lowest BCUT2D eigenvalue weighted by atomic mass is 9.96. The van der Waals surface area contributed by atoms with Crippen molar-refractivity contribution in [1.29, 1.82) is 0 Å². The molecule has 51 valence electrons. The van der Waals surface area contributed by atoms with E-state index in [-0.39, 0.29) is 0 Å². The molecule has 0 aromatic carbocycles. The van der Waals surface area contributed by atoms with Gasteiger partial charge in [-0.05, 0) is 12.8 Å². The summed E-state index contributed by atoms with van der Waals surface area (Å²) in [7, 11) is 0. The second-order valence-electron chi connectivity index (χ2n) is 2.58. The average Bonchev–Trinajstić information content (AvgIpc) is 1.91. The van der Waals surface area contributed by atoms with E-state index >= 15 is 0 Å². The summed E-state index contributed by atoms with van der Waals surface area (Å²) in [6.45, 7) is 0. The summed E-state index contributed by atoms with van der Waals surface area (Å²) < 4.78 is 0. The molecule has 1 amide bonds. The van der Waals surface area contributed by atoms with E-state index in [1.165, 1.54) is 19.3 Å². The zero-order valence-electron chi connectivity index (χ0n) is 5.52. The van der Waals surface area contributed by atoms with Crippen molar-refractivity contribution in [2.24, 2.45) is 0 Å². The molecular formula is C7H12NO. The first-order valence-electron chi connectivity index (χ1n) is 3.56. The lowest BCUT2D eigenvalue weighted by molar-refractivity contribution is 0.403. The summed E-state index contributed by atoms with van der Waals surface area (Å²) >= 11 is 0. The second kappa shape index (κ2) is 3.49. The average molecular weight is 126 g/mol. The first-order valence-corrected chi connectivity index (χ1v) is 3.56. The van der Waals surface area contributed by atoms with Gasteiger partial charge < -0.3 is 5.32 Å². The summed E-state index contributed by atoms with van der Waals surface area (Å²) in [6, 6.07) is 0.427. The summed E-state index contributed by atoms with van der Waals surface area (Å²) in [5, 5.41) is 2.68. The fourth-order valence-corrected chi connectivity index (χ4v) is 1.33. The van der Waals surface area contributed by atoms with Crippen LogP contribution in [0.3, 0.4) is 0 Å². The number of hydrogen-bond acceptors (Lipinski definition) is 1. The van der Waals surface area contributed by atoms with Gasteiger partial charge in [-0.1, -0.05) is 19.3 Å². The maximum Gasteiger partial charge on any atom is 0.309 e. The maximum absolute atomic E-state index is 9.84. The summed E-state index contributed by atoms with van der Waals surface area (Å²) in [4.78, 5) is 9.84. The zero-order valence-corrected chi connectivity index (χ0v) is 5.52. The predicted octanol–water partition coefficient (Wildman–Crippen LogP) is 0.976. The van der Waals surface area contributed by atoms with Crippen molar-refractivity contribution in [3.63, 3.8) is 0 Å². The van der Waals surface area contributed by atoms with Gasteiger partial charge in [0.25, 0.3) is 0 Å². The van der Waals surface area contributed by atoms with Gasteiger partial charge in [0.1, 0.15) is 0 Å². The Bertz CT molecular complexity index is 86.9. The maximum atomic E-state index is 9.84. The molecule has 1 N–H and O–H groups in total. The molecular weight excluding hydrogens is 114 g/mol. The van der Waals surface area contributed by atoms with Crippen LogP contribution in [0.2, 0.25) is 0 Å². The Morgan fingerprint density at radius 3 is 2.44 bits per heavy atom. The summed E-state index contributed by atoms with van der Waals surface area (Å²) in [6.07, 6.45) is 7.89. The Morgan fingerprint density at radius 1 is 1.22 bits per heavy atom. The van der Waals surface area contributed by atoms with Crippen LogP contribution in [0.5, 0.6) is 0 Å². The fraction of sp³-hybridized carbons (Fsp3) is 0.857. The van der Waals surface area contributed by atoms with Crippen LogP contribution in [0.1, 0.15) is 32.1 Å². The van der Waals surface area contributed by atoms with Crippen LogP contribution in [-0.4, -0.2) is 12.5 Å². The third-order valence-electron chi connectivity index (χ3n) is 1.87. The Hall–Kier alpha value is -0.530. The molecule has 1 aliphatic rings. The van der Waals surface area contributed by atoms with Crippen LogP contribution in [-0.2, 0) is 4.79 Å². The highest BCUT2D eigenvalue weighted by Gasteiger charge is 2.11. The van der Waals surface area contributed by atoms with E-state index in [4.69, 9.17) is 0 Å². The largest absolute Gasteiger partial charge is 0.345 e. The van der Waals surface area contributed by atoms with Crippen LogP contribution in [0.25, 0.3) is 0 Å². The standard InChI is InChI=1S/C7H12NO/c9-6-8-7-4-2-1-3-5-7/h7H,1-5H2,(H,8,9). The van der Waals surface area contributed by atoms with Crippen molar-refractivity contribution in [2.45, 2.75) is 38.1 Å². The minimum Gasteiger partial charge on any atom is -0.345 e. The first-order chi connectivity index (χ1) is 4.43. The van der Waals surface area contributed by atoms with Gasteiger partial charge in [-0.3, -0.25) is 4.79 Å². The van der Waals surface area contributed by atoms with Crippen LogP contribution in [0, 0.1) is 0 Å². The van der Waals surface area contributed by atoms with Crippen molar-refractivity contribution < 1.29 is 4.79 Å². The van der Waals surface area contributed by atoms with Crippen molar-refractivity contribution in [2.75, 3.05) is 0 Å². The third kappa shape index (κ3) is 2.04. The molecule has 1 aliphatic carbocycles. The molecule has 0 atom stereocenters. The number of hydrogen-bond donors (Lipinski definition) is 1. The number of nitrogens with one attached hydrogen (secondary N) is 1. The van der Waals surface area contributed by atoms with Crippen LogP contribution in [0.4, 0.5) is 0 Å². The summed E-state index contributed by atoms with van der Waals surface area (Å²) in [5.74, 6) is 0. The van der Waals surface area contributed by atoms with Crippen molar-refractivity contribution >= 4 is 6.41 Å². The van der Waals surface area contributed by atoms with Crippen molar-refractivity contribution in [3.8, 4) is 0 Å². The molecule has 0 unspecified atom stereocenters. The molecule has 1 radical (unpaired) electrons.